The molecule has 0 saturated carbocycles. The topological polar surface area (TPSA) is 91.3 Å². The Bertz CT molecular complexity index is 605. The molecule has 0 amide bonds. The van der Waals surface area contributed by atoms with Gasteiger partial charge in [0.05, 0.1) is 4.92 Å². The Morgan fingerprint density at radius 1 is 1.42 bits per heavy atom. The van der Waals surface area contributed by atoms with E-state index in [1.165, 1.54) is 12.1 Å². The summed E-state index contributed by atoms with van der Waals surface area (Å²) in [4.78, 5) is 14.5. The van der Waals surface area contributed by atoms with Gasteiger partial charge in [0.2, 0.25) is 5.82 Å². The molecular formula is C12H11N3O4. The van der Waals surface area contributed by atoms with Gasteiger partial charge in [-0.2, -0.15) is 4.98 Å². The summed E-state index contributed by atoms with van der Waals surface area (Å²) in [6.07, 6.45) is 1.68. The number of nitro groups is 1. The number of aromatic nitrogens is 2. The van der Waals surface area contributed by atoms with Crippen LogP contribution in [0.15, 0.2) is 28.8 Å². The minimum atomic E-state index is -0.454. The van der Waals surface area contributed by atoms with Crippen molar-refractivity contribution in [3.8, 4) is 11.4 Å². The molecule has 2 heterocycles. The first-order valence-corrected chi connectivity index (χ1v) is 5.94. The zero-order chi connectivity index (χ0) is 13.2. The lowest BCUT2D eigenvalue weighted by molar-refractivity contribution is -0.384. The van der Waals surface area contributed by atoms with Crippen molar-refractivity contribution in [2.75, 3.05) is 6.61 Å². The van der Waals surface area contributed by atoms with Crippen molar-refractivity contribution >= 4 is 5.69 Å². The van der Waals surface area contributed by atoms with E-state index in [1.807, 2.05) is 0 Å². The van der Waals surface area contributed by atoms with Crippen molar-refractivity contribution in [3.05, 3.63) is 40.3 Å². The molecule has 19 heavy (non-hydrogen) atoms. The lowest BCUT2D eigenvalue weighted by atomic mass is 10.2. The highest BCUT2D eigenvalue weighted by Crippen LogP contribution is 2.29. The third-order valence-electron chi connectivity index (χ3n) is 2.96. The number of non-ortho nitro benzene ring substituents is 1. The van der Waals surface area contributed by atoms with Crippen molar-refractivity contribution in [1.82, 2.24) is 10.1 Å². The number of hydrogen-bond acceptors (Lipinski definition) is 6. The maximum absolute atomic E-state index is 10.7. The lowest BCUT2D eigenvalue weighted by Gasteiger charge is -2.00. The minimum Gasteiger partial charge on any atom is -0.368 e. The van der Waals surface area contributed by atoms with E-state index in [1.54, 1.807) is 12.1 Å². The Kier molecular flexibility index (Phi) is 2.96. The summed E-state index contributed by atoms with van der Waals surface area (Å²) in [5.74, 6) is 0.771. The molecule has 1 aliphatic rings. The van der Waals surface area contributed by atoms with Crippen LogP contribution in [0, 0.1) is 10.1 Å². The highest BCUT2D eigenvalue weighted by molar-refractivity contribution is 5.58. The molecule has 98 valence electrons. The maximum atomic E-state index is 10.7. The molecule has 1 atom stereocenters. The molecule has 7 heteroatoms. The Morgan fingerprint density at radius 3 is 3.05 bits per heavy atom. The summed E-state index contributed by atoms with van der Waals surface area (Å²) in [5, 5.41) is 14.6. The standard InChI is InChI=1S/C12H11N3O4/c16-15(17)9-4-1-3-8(7-9)11-13-12(19-14-11)10-5-2-6-18-10/h1,3-4,7,10H,2,5-6H2/t10-/m1/s1. The zero-order valence-electron chi connectivity index (χ0n) is 9.98. The Balaban J connectivity index is 1.89. The van der Waals surface area contributed by atoms with Crippen LogP contribution in [-0.2, 0) is 4.74 Å². The molecule has 0 aliphatic carbocycles. The van der Waals surface area contributed by atoms with E-state index in [2.05, 4.69) is 10.1 Å². The van der Waals surface area contributed by atoms with Crippen LogP contribution in [-0.4, -0.2) is 21.7 Å². The monoisotopic (exact) mass is 261 g/mol. The normalized spacial score (nSPS) is 18.6. The summed E-state index contributed by atoms with van der Waals surface area (Å²) in [7, 11) is 0. The van der Waals surface area contributed by atoms with Crippen LogP contribution in [0.5, 0.6) is 0 Å². The van der Waals surface area contributed by atoms with Gasteiger partial charge in [-0.15, -0.1) is 0 Å². The van der Waals surface area contributed by atoms with E-state index in [4.69, 9.17) is 9.26 Å². The summed E-state index contributed by atoms with van der Waals surface area (Å²) < 4.78 is 10.6. The average Bonchev–Trinajstić information content (AvgIpc) is 3.09. The Hall–Kier alpha value is -2.28. The molecule has 1 aliphatic heterocycles. The number of ether oxygens (including phenoxy) is 1. The summed E-state index contributed by atoms with van der Waals surface area (Å²) in [6, 6.07) is 6.14. The molecular weight excluding hydrogens is 250 g/mol. The van der Waals surface area contributed by atoms with E-state index in [0.717, 1.165) is 12.8 Å². The first-order chi connectivity index (χ1) is 9.24. The van der Waals surface area contributed by atoms with Gasteiger partial charge in [0.1, 0.15) is 6.10 Å². The number of nitro benzene ring substituents is 1. The van der Waals surface area contributed by atoms with Gasteiger partial charge >= 0.3 is 0 Å². The van der Waals surface area contributed by atoms with Crippen LogP contribution in [0.3, 0.4) is 0 Å². The van der Waals surface area contributed by atoms with Gasteiger partial charge < -0.3 is 9.26 Å². The fourth-order valence-electron chi connectivity index (χ4n) is 2.01. The van der Waals surface area contributed by atoms with E-state index in [0.29, 0.717) is 23.9 Å². The van der Waals surface area contributed by atoms with E-state index in [-0.39, 0.29) is 11.8 Å². The summed E-state index contributed by atoms with van der Waals surface area (Å²) >= 11 is 0. The molecule has 2 aromatic rings. The van der Waals surface area contributed by atoms with Crippen molar-refractivity contribution < 1.29 is 14.2 Å². The van der Waals surface area contributed by atoms with Crippen LogP contribution >= 0.6 is 0 Å². The fourth-order valence-corrected chi connectivity index (χ4v) is 2.01. The maximum Gasteiger partial charge on any atom is 0.270 e. The van der Waals surface area contributed by atoms with Gasteiger partial charge in [0, 0.05) is 24.3 Å². The molecule has 1 aromatic carbocycles. The van der Waals surface area contributed by atoms with Crippen molar-refractivity contribution in [2.24, 2.45) is 0 Å². The molecule has 0 bridgehead atoms. The Labute approximate surface area is 108 Å². The fraction of sp³-hybridized carbons (Fsp3) is 0.333. The van der Waals surface area contributed by atoms with Crippen LogP contribution in [0.4, 0.5) is 5.69 Å². The average molecular weight is 261 g/mol. The van der Waals surface area contributed by atoms with Gasteiger partial charge in [-0.05, 0) is 12.8 Å². The second kappa shape index (κ2) is 4.77. The van der Waals surface area contributed by atoms with Gasteiger partial charge in [-0.25, -0.2) is 0 Å². The lowest BCUT2D eigenvalue weighted by Crippen LogP contribution is -1.95. The predicted molar refractivity (Wildman–Crippen MR) is 64.3 cm³/mol. The molecule has 1 saturated heterocycles. The van der Waals surface area contributed by atoms with Gasteiger partial charge in [0.25, 0.3) is 11.6 Å². The van der Waals surface area contributed by atoms with E-state index >= 15 is 0 Å². The summed E-state index contributed by atoms with van der Waals surface area (Å²) in [6.45, 7) is 0.694. The second-order valence-corrected chi connectivity index (χ2v) is 4.27. The van der Waals surface area contributed by atoms with E-state index < -0.39 is 4.92 Å². The third-order valence-corrected chi connectivity index (χ3v) is 2.96. The molecule has 1 aromatic heterocycles. The highest BCUT2D eigenvalue weighted by atomic mass is 16.6. The van der Waals surface area contributed by atoms with Crippen molar-refractivity contribution in [3.63, 3.8) is 0 Å². The van der Waals surface area contributed by atoms with Gasteiger partial charge in [-0.1, -0.05) is 17.3 Å². The smallest absolute Gasteiger partial charge is 0.270 e. The van der Waals surface area contributed by atoms with Crippen molar-refractivity contribution in [2.45, 2.75) is 18.9 Å². The molecule has 1 fully saturated rings. The molecule has 3 rings (SSSR count). The van der Waals surface area contributed by atoms with Gasteiger partial charge in [-0.3, -0.25) is 10.1 Å². The molecule has 0 N–H and O–H groups in total. The largest absolute Gasteiger partial charge is 0.368 e. The Morgan fingerprint density at radius 2 is 2.32 bits per heavy atom. The number of hydrogen-bond donors (Lipinski definition) is 0. The van der Waals surface area contributed by atoms with Crippen LogP contribution in [0.25, 0.3) is 11.4 Å². The number of rotatable bonds is 3. The number of nitrogens with zero attached hydrogens (tertiary/aromatic N) is 3. The third kappa shape index (κ3) is 2.32. The summed E-state index contributed by atoms with van der Waals surface area (Å²) in [5.41, 5.74) is 0.558. The predicted octanol–water partition coefficient (Wildman–Crippen LogP) is 2.50. The molecule has 0 unspecified atom stereocenters. The van der Waals surface area contributed by atoms with Crippen LogP contribution in [0.2, 0.25) is 0 Å². The van der Waals surface area contributed by atoms with E-state index in [9.17, 15) is 10.1 Å². The van der Waals surface area contributed by atoms with Gasteiger partial charge in [0.15, 0.2) is 0 Å². The molecule has 7 nitrogen and oxygen atoms in total. The molecule has 0 radical (unpaired) electrons. The van der Waals surface area contributed by atoms with Crippen LogP contribution in [0.1, 0.15) is 24.8 Å². The zero-order valence-corrected chi connectivity index (χ0v) is 9.98. The molecule has 0 spiro atoms. The first-order valence-electron chi connectivity index (χ1n) is 5.94. The highest BCUT2D eigenvalue weighted by Gasteiger charge is 2.24. The first kappa shape index (κ1) is 11.8. The minimum absolute atomic E-state index is 0.000895. The number of benzene rings is 1. The quantitative estimate of drug-likeness (QED) is 0.622. The SMILES string of the molecule is O=[N+]([O-])c1cccc(-c2noc([C@H]3CCCO3)n2)c1. The van der Waals surface area contributed by atoms with Crippen molar-refractivity contribution in [1.29, 1.82) is 0 Å². The second-order valence-electron chi connectivity index (χ2n) is 4.27. The van der Waals surface area contributed by atoms with Crippen LogP contribution < -0.4 is 0 Å².